The van der Waals surface area contributed by atoms with Crippen molar-refractivity contribution in [3.63, 3.8) is 0 Å². The summed E-state index contributed by atoms with van der Waals surface area (Å²) in [6, 6.07) is 7.31. The number of aromatic nitrogens is 1. The number of fused-ring (bicyclic) bond motifs is 4. The first-order chi connectivity index (χ1) is 11.2. The van der Waals surface area contributed by atoms with Crippen LogP contribution in [0.4, 0.5) is 11.4 Å². The summed E-state index contributed by atoms with van der Waals surface area (Å²) in [4.78, 5) is 20.2. The third-order valence-corrected chi connectivity index (χ3v) is 4.86. The predicted molar refractivity (Wildman–Crippen MR) is 88.7 cm³/mol. The maximum absolute atomic E-state index is 11.2. The van der Waals surface area contributed by atoms with Crippen LogP contribution in [0.1, 0.15) is 0 Å². The molecule has 3 saturated heterocycles. The Balaban J connectivity index is 1.57. The van der Waals surface area contributed by atoms with E-state index in [4.69, 9.17) is 0 Å². The van der Waals surface area contributed by atoms with Gasteiger partial charge in [0.05, 0.1) is 16.0 Å². The molecular weight excluding hydrogens is 294 g/mol. The van der Waals surface area contributed by atoms with Crippen molar-refractivity contribution in [3.8, 4) is 0 Å². The molecule has 7 nitrogen and oxygen atoms in total. The molecule has 0 saturated carbocycles. The Morgan fingerprint density at radius 1 is 1.26 bits per heavy atom. The summed E-state index contributed by atoms with van der Waals surface area (Å²) in [5, 5.41) is 15.2. The van der Waals surface area contributed by atoms with Crippen LogP contribution in [-0.2, 0) is 0 Å². The summed E-state index contributed by atoms with van der Waals surface area (Å²) in [7, 11) is 0. The van der Waals surface area contributed by atoms with Gasteiger partial charge in [-0.05, 0) is 18.2 Å². The molecule has 3 aliphatic heterocycles. The SMILES string of the molecule is O=[N+]([O-])c1ccc(NCC2CN3CCN2CC3)c2ncccc12. The highest BCUT2D eigenvalue weighted by atomic mass is 16.6. The molecule has 7 heteroatoms. The predicted octanol–water partition coefficient (Wildman–Crippen LogP) is 1.55. The van der Waals surface area contributed by atoms with Gasteiger partial charge in [-0.2, -0.15) is 0 Å². The number of anilines is 1. The van der Waals surface area contributed by atoms with E-state index in [2.05, 4.69) is 20.1 Å². The zero-order chi connectivity index (χ0) is 15.8. The molecular formula is C16H19N5O2. The number of rotatable bonds is 4. The fourth-order valence-corrected chi connectivity index (χ4v) is 3.61. The number of nitrogens with zero attached hydrogens (tertiary/aromatic N) is 4. The highest BCUT2D eigenvalue weighted by Gasteiger charge is 2.31. The number of non-ortho nitro benzene ring substituents is 1. The van der Waals surface area contributed by atoms with Crippen LogP contribution >= 0.6 is 0 Å². The minimum atomic E-state index is -0.354. The number of piperazine rings is 3. The second-order valence-corrected chi connectivity index (χ2v) is 6.16. The first-order valence-electron chi connectivity index (χ1n) is 7.95. The van der Waals surface area contributed by atoms with E-state index in [0.717, 1.165) is 31.9 Å². The molecule has 23 heavy (non-hydrogen) atoms. The molecule has 1 aromatic heterocycles. The van der Waals surface area contributed by atoms with Gasteiger partial charge in [-0.25, -0.2) is 0 Å². The number of nitro benzene ring substituents is 1. The topological polar surface area (TPSA) is 74.5 Å². The third-order valence-electron chi connectivity index (χ3n) is 4.86. The fourth-order valence-electron chi connectivity index (χ4n) is 3.61. The van der Waals surface area contributed by atoms with Crippen molar-refractivity contribution in [2.75, 3.05) is 44.6 Å². The van der Waals surface area contributed by atoms with Crippen molar-refractivity contribution in [3.05, 3.63) is 40.6 Å². The van der Waals surface area contributed by atoms with Gasteiger partial charge in [-0.1, -0.05) is 0 Å². The number of nitro groups is 1. The van der Waals surface area contributed by atoms with Gasteiger partial charge >= 0.3 is 0 Å². The van der Waals surface area contributed by atoms with Crippen molar-refractivity contribution in [2.45, 2.75) is 6.04 Å². The molecule has 1 unspecified atom stereocenters. The molecule has 1 atom stereocenters. The number of hydrogen-bond acceptors (Lipinski definition) is 6. The minimum absolute atomic E-state index is 0.102. The molecule has 0 radical (unpaired) electrons. The molecule has 120 valence electrons. The standard InChI is InChI=1S/C16H19N5O2/c22-21(23)15-4-3-14(16-13(15)2-1-5-17-16)18-10-12-11-19-6-8-20(12)9-7-19/h1-5,12,18H,6-11H2. The van der Waals surface area contributed by atoms with Gasteiger partial charge < -0.3 is 5.32 Å². The molecule has 3 fully saturated rings. The molecule has 4 heterocycles. The molecule has 0 spiro atoms. The van der Waals surface area contributed by atoms with Crippen molar-refractivity contribution in [1.29, 1.82) is 0 Å². The van der Waals surface area contributed by atoms with Gasteiger partial charge in [0, 0.05) is 57.6 Å². The van der Waals surface area contributed by atoms with E-state index in [1.807, 2.05) is 0 Å². The van der Waals surface area contributed by atoms with E-state index in [0.29, 0.717) is 16.9 Å². The monoisotopic (exact) mass is 313 g/mol. The highest BCUT2D eigenvalue weighted by molar-refractivity contribution is 5.96. The second kappa shape index (κ2) is 5.75. The summed E-state index contributed by atoms with van der Waals surface area (Å²) < 4.78 is 0. The van der Waals surface area contributed by atoms with Gasteiger partial charge in [0.1, 0.15) is 5.52 Å². The summed E-state index contributed by atoms with van der Waals surface area (Å²) in [5.41, 5.74) is 1.63. The zero-order valence-electron chi connectivity index (χ0n) is 12.8. The second-order valence-electron chi connectivity index (χ2n) is 6.16. The maximum Gasteiger partial charge on any atom is 0.278 e. The normalized spacial score (nSPS) is 26.3. The molecule has 1 aromatic carbocycles. The van der Waals surface area contributed by atoms with Crippen LogP contribution < -0.4 is 5.32 Å². The molecule has 5 rings (SSSR count). The molecule has 1 N–H and O–H groups in total. The van der Waals surface area contributed by atoms with Crippen molar-refractivity contribution < 1.29 is 4.92 Å². The lowest BCUT2D eigenvalue weighted by Crippen LogP contribution is -2.62. The quantitative estimate of drug-likeness (QED) is 0.682. The van der Waals surface area contributed by atoms with Crippen LogP contribution in [0.3, 0.4) is 0 Å². The van der Waals surface area contributed by atoms with Crippen LogP contribution in [-0.4, -0.2) is 65.0 Å². The number of nitrogens with one attached hydrogen (secondary N) is 1. The Morgan fingerprint density at radius 3 is 2.78 bits per heavy atom. The van der Waals surface area contributed by atoms with E-state index in [-0.39, 0.29) is 10.6 Å². The third kappa shape index (κ3) is 2.62. The van der Waals surface area contributed by atoms with E-state index >= 15 is 0 Å². The van der Waals surface area contributed by atoms with Gasteiger partial charge in [0.25, 0.3) is 5.69 Å². The van der Waals surface area contributed by atoms with Gasteiger partial charge in [-0.3, -0.25) is 24.9 Å². The van der Waals surface area contributed by atoms with E-state index in [9.17, 15) is 10.1 Å². The summed E-state index contributed by atoms with van der Waals surface area (Å²) in [5.74, 6) is 0. The lowest BCUT2D eigenvalue weighted by Gasteiger charge is -2.47. The highest BCUT2D eigenvalue weighted by Crippen LogP contribution is 2.30. The summed E-state index contributed by atoms with van der Waals surface area (Å²) in [6.07, 6.45) is 1.68. The van der Waals surface area contributed by atoms with Crippen LogP contribution in [0, 0.1) is 10.1 Å². The number of hydrogen-bond donors (Lipinski definition) is 1. The summed E-state index contributed by atoms with van der Waals surface area (Å²) >= 11 is 0. The summed E-state index contributed by atoms with van der Waals surface area (Å²) in [6.45, 7) is 6.51. The minimum Gasteiger partial charge on any atom is -0.382 e. The molecule has 0 amide bonds. The molecule has 0 aliphatic carbocycles. The first kappa shape index (κ1) is 14.3. The zero-order valence-corrected chi connectivity index (χ0v) is 12.8. The largest absolute Gasteiger partial charge is 0.382 e. The molecule has 3 aliphatic rings. The van der Waals surface area contributed by atoms with Crippen molar-refractivity contribution in [1.82, 2.24) is 14.8 Å². The van der Waals surface area contributed by atoms with Crippen molar-refractivity contribution >= 4 is 22.3 Å². The van der Waals surface area contributed by atoms with E-state index < -0.39 is 0 Å². The average molecular weight is 313 g/mol. The Bertz CT molecular complexity index is 742. The van der Waals surface area contributed by atoms with E-state index in [1.54, 1.807) is 30.5 Å². The molecule has 2 bridgehead atoms. The van der Waals surface area contributed by atoms with Gasteiger partial charge in [-0.15, -0.1) is 0 Å². The number of pyridine rings is 1. The smallest absolute Gasteiger partial charge is 0.278 e. The van der Waals surface area contributed by atoms with Gasteiger partial charge in [0.2, 0.25) is 0 Å². The lowest BCUT2D eigenvalue weighted by atomic mass is 10.1. The maximum atomic E-state index is 11.2. The number of benzene rings is 1. The van der Waals surface area contributed by atoms with Crippen LogP contribution in [0.5, 0.6) is 0 Å². The van der Waals surface area contributed by atoms with Crippen LogP contribution in [0.2, 0.25) is 0 Å². The Kier molecular flexibility index (Phi) is 3.59. The van der Waals surface area contributed by atoms with Gasteiger partial charge in [0.15, 0.2) is 0 Å². The average Bonchev–Trinajstić information content (AvgIpc) is 2.60. The Morgan fingerprint density at radius 2 is 2.09 bits per heavy atom. The van der Waals surface area contributed by atoms with Crippen LogP contribution in [0.15, 0.2) is 30.5 Å². The van der Waals surface area contributed by atoms with Crippen molar-refractivity contribution in [2.24, 2.45) is 0 Å². The van der Waals surface area contributed by atoms with E-state index in [1.165, 1.54) is 13.1 Å². The van der Waals surface area contributed by atoms with Crippen LogP contribution in [0.25, 0.3) is 10.9 Å². The Labute approximate surface area is 134 Å². The molecule has 2 aromatic rings. The Hall–Kier alpha value is -2.25. The lowest BCUT2D eigenvalue weighted by molar-refractivity contribution is -0.383. The fraction of sp³-hybridized carbons (Fsp3) is 0.438. The first-order valence-corrected chi connectivity index (χ1v) is 7.95.